The Hall–Kier alpha value is -3.35. The molecule has 0 aromatic carbocycles. The molecule has 0 unspecified atom stereocenters. The standard InChI is InChI=1S/C19H19N5O2/c1-4-24-19(26)18(22-15-11-21-8-5-12(15)2)16(13(3)25)17(23-24)14-6-9-20-10-7-14/h5-11,22H,4H2,1-3H3. The van der Waals surface area contributed by atoms with Crippen molar-refractivity contribution in [2.24, 2.45) is 0 Å². The van der Waals surface area contributed by atoms with E-state index in [1.54, 1.807) is 36.9 Å². The molecule has 0 radical (unpaired) electrons. The summed E-state index contributed by atoms with van der Waals surface area (Å²) in [6, 6.07) is 5.36. The number of hydrogen-bond donors (Lipinski definition) is 1. The molecule has 3 heterocycles. The van der Waals surface area contributed by atoms with Gasteiger partial charge in [-0.3, -0.25) is 19.6 Å². The molecule has 0 amide bonds. The maximum atomic E-state index is 12.9. The summed E-state index contributed by atoms with van der Waals surface area (Å²) in [5, 5.41) is 7.51. The second kappa shape index (κ2) is 7.26. The van der Waals surface area contributed by atoms with Crippen molar-refractivity contribution >= 4 is 17.2 Å². The van der Waals surface area contributed by atoms with Crippen molar-refractivity contribution in [3.8, 4) is 11.3 Å². The van der Waals surface area contributed by atoms with Crippen LogP contribution < -0.4 is 10.9 Å². The molecule has 0 aliphatic carbocycles. The van der Waals surface area contributed by atoms with Crippen LogP contribution in [0.15, 0.2) is 47.8 Å². The Bertz CT molecular complexity index is 1010. The van der Waals surface area contributed by atoms with Crippen molar-refractivity contribution in [2.75, 3.05) is 5.32 Å². The molecule has 0 saturated heterocycles. The highest BCUT2D eigenvalue weighted by molar-refractivity contribution is 6.05. The number of pyridine rings is 2. The largest absolute Gasteiger partial charge is 0.349 e. The van der Waals surface area contributed by atoms with Crippen molar-refractivity contribution < 1.29 is 4.79 Å². The Morgan fingerprint density at radius 2 is 1.85 bits per heavy atom. The predicted octanol–water partition coefficient (Wildman–Crippen LogP) is 2.97. The van der Waals surface area contributed by atoms with Crippen molar-refractivity contribution in [3.05, 3.63) is 64.5 Å². The molecular formula is C19H19N5O2. The summed E-state index contributed by atoms with van der Waals surface area (Å²) in [5.41, 5.74) is 2.87. The molecule has 0 fully saturated rings. The number of ketones is 1. The number of hydrogen-bond acceptors (Lipinski definition) is 6. The lowest BCUT2D eigenvalue weighted by Crippen LogP contribution is -2.28. The summed E-state index contributed by atoms with van der Waals surface area (Å²) in [4.78, 5) is 33.4. The molecule has 3 aromatic rings. The molecule has 7 heteroatoms. The van der Waals surface area contributed by atoms with Crippen LogP contribution in [0.4, 0.5) is 11.4 Å². The van der Waals surface area contributed by atoms with Gasteiger partial charge in [0.15, 0.2) is 5.78 Å². The molecule has 26 heavy (non-hydrogen) atoms. The van der Waals surface area contributed by atoms with E-state index >= 15 is 0 Å². The van der Waals surface area contributed by atoms with E-state index in [4.69, 9.17) is 0 Å². The molecule has 0 spiro atoms. The molecule has 0 aliphatic heterocycles. The van der Waals surface area contributed by atoms with Gasteiger partial charge in [-0.2, -0.15) is 5.10 Å². The average molecular weight is 349 g/mol. The fourth-order valence-corrected chi connectivity index (χ4v) is 2.68. The Morgan fingerprint density at radius 3 is 2.46 bits per heavy atom. The third-order valence-corrected chi connectivity index (χ3v) is 4.06. The smallest absolute Gasteiger partial charge is 0.291 e. The lowest BCUT2D eigenvalue weighted by atomic mass is 10.0. The monoisotopic (exact) mass is 349 g/mol. The molecule has 132 valence electrons. The van der Waals surface area contributed by atoms with Crippen LogP contribution in [0.5, 0.6) is 0 Å². The number of Topliss-reactive ketones (excluding diaryl/α,β-unsaturated/α-hetero) is 1. The summed E-state index contributed by atoms with van der Waals surface area (Å²) in [5.74, 6) is -0.242. The van der Waals surface area contributed by atoms with E-state index in [1.165, 1.54) is 11.6 Å². The van der Waals surface area contributed by atoms with Crippen LogP contribution in [0, 0.1) is 6.92 Å². The van der Waals surface area contributed by atoms with Crippen LogP contribution in [-0.4, -0.2) is 25.5 Å². The number of aryl methyl sites for hydroxylation is 2. The zero-order chi connectivity index (χ0) is 18.7. The second-order valence-corrected chi connectivity index (χ2v) is 5.83. The van der Waals surface area contributed by atoms with Gasteiger partial charge in [-0.1, -0.05) is 0 Å². The average Bonchev–Trinajstić information content (AvgIpc) is 2.65. The maximum absolute atomic E-state index is 12.9. The zero-order valence-electron chi connectivity index (χ0n) is 14.9. The van der Waals surface area contributed by atoms with Gasteiger partial charge in [-0.15, -0.1) is 0 Å². The van der Waals surface area contributed by atoms with E-state index in [2.05, 4.69) is 20.4 Å². The van der Waals surface area contributed by atoms with E-state index in [0.29, 0.717) is 17.9 Å². The number of carbonyl (C=O) groups is 1. The quantitative estimate of drug-likeness (QED) is 0.712. The molecule has 0 atom stereocenters. The van der Waals surface area contributed by atoms with E-state index in [1.807, 2.05) is 19.9 Å². The van der Waals surface area contributed by atoms with Crippen molar-refractivity contribution in [3.63, 3.8) is 0 Å². The summed E-state index contributed by atoms with van der Waals surface area (Å²) < 4.78 is 1.34. The molecule has 1 N–H and O–H groups in total. The normalized spacial score (nSPS) is 10.6. The topological polar surface area (TPSA) is 89.8 Å². The van der Waals surface area contributed by atoms with Gasteiger partial charge in [0.2, 0.25) is 0 Å². The predicted molar refractivity (Wildman–Crippen MR) is 99.7 cm³/mol. The van der Waals surface area contributed by atoms with E-state index in [9.17, 15) is 9.59 Å². The summed E-state index contributed by atoms with van der Waals surface area (Å²) in [7, 11) is 0. The second-order valence-electron chi connectivity index (χ2n) is 5.83. The number of nitrogens with one attached hydrogen (secondary N) is 1. The molecule has 0 aliphatic rings. The Labute approximate surface area is 150 Å². The van der Waals surface area contributed by atoms with Crippen molar-refractivity contribution in [2.45, 2.75) is 27.3 Å². The maximum Gasteiger partial charge on any atom is 0.291 e. The number of nitrogens with zero attached hydrogens (tertiary/aromatic N) is 4. The summed E-state index contributed by atoms with van der Waals surface area (Å²) >= 11 is 0. The minimum absolute atomic E-state index is 0.206. The van der Waals surface area contributed by atoms with E-state index in [-0.39, 0.29) is 22.6 Å². The zero-order valence-corrected chi connectivity index (χ0v) is 14.9. The van der Waals surface area contributed by atoms with Crippen LogP contribution in [-0.2, 0) is 6.54 Å². The minimum atomic E-state index is -0.348. The first kappa shape index (κ1) is 17.5. The number of rotatable bonds is 5. The minimum Gasteiger partial charge on any atom is -0.349 e. The van der Waals surface area contributed by atoms with Crippen LogP contribution >= 0.6 is 0 Å². The summed E-state index contributed by atoms with van der Waals surface area (Å²) in [6.45, 7) is 5.55. The summed E-state index contributed by atoms with van der Waals surface area (Å²) in [6.07, 6.45) is 6.55. The van der Waals surface area contributed by atoms with Gasteiger partial charge in [0, 0.05) is 30.7 Å². The van der Waals surface area contributed by atoms with Gasteiger partial charge >= 0.3 is 0 Å². The van der Waals surface area contributed by atoms with Crippen LogP contribution in [0.3, 0.4) is 0 Å². The third kappa shape index (κ3) is 3.23. The highest BCUT2D eigenvalue weighted by Gasteiger charge is 2.22. The van der Waals surface area contributed by atoms with Gasteiger partial charge in [0.1, 0.15) is 11.4 Å². The van der Waals surface area contributed by atoms with Gasteiger partial charge < -0.3 is 5.32 Å². The first-order valence-corrected chi connectivity index (χ1v) is 8.27. The van der Waals surface area contributed by atoms with Crippen LogP contribution in [0.1, 0.15) is 29.8 Å². The Morgan fingerprint density at radius 1 is 1.15 bits per heavy atom. The van der Waals surface area contributed by atoms with Gasteiger partial charge in [-0.25, -0.2) is 4.68 Å². The lowest BCUT2D eigenvalue weighted by molar-refractivity contribution is 0.101. The fourth-order valence-electron chi connectivity index (χ4n) is 2.68. The lowest BCUT2D eigenvalue weighted by Gasteiger charge is -2.16. The highest BCUT2D eigenvalue weighted by Crippen LogP contribution is 2.27. The first-order valence-electron chi connectivity index (χ1n) is 8.27. The number of carbonyl (C=O) groups excluding carboxylic acids is 1. The highest BCUT2D eigenvalue weighted by atomic mass is 16.1. The fraction of sp³-hybridized carbons (Fsp3) is 0.211. The molecule has 0 saturated carbocycles. The third-order valence-electron chi connectivity index (χ3n) is 4.06. The van der Waals surface area contributed by atoms with Crippen molar-refractivity contribution in [1.82, 2.24) is 19.7 Å². The SMILES string of the molecule is CCn1nc(-c2ccncc2)c(C(C)=O)c(Nc2cnccc2C)c1=O. The Kier molecular flexibility index (Phi) is 4.88. The first-order chi connectivity index (χ1) is 12.5. The van der Waals surface area contributed by atoms with Gasteiger partial charge in [-0.05, 0) is 44.5 Å². The molecular weight excluding hydrogens is 330 g/mol. The Balaban J connectivity index is 2.30. The van der Waals surface area contributed by atoms with Crippen LogP contribution in [0.25, 0.3) is 11.3 Å². The van der Waals surface area contributed by atoms with E-state index in [0.717, 1.165) is 11.1 Å². The molecule has 3 rings (SSSR count). The van der Waals surface area contributed by atoms with Crippen LogP contribution in [0.2, 0.25) is 0 Å². The van der Waals surface area contributed by atoms with Gasteiger partial charge in [0.25, 0.3) is 5.56 Å². The van der Waals surface area contributed by atoms with Crippen molar-refractivity contribution in [1.29, 1.82) is 0 Å². The number of anilines is 2. The molecule has 7 nitrogen and oxygen atoms in total. The number of aromatic nitrogens is 4. The molecule has 3 aromatic heterocycles. The van der Waals surface area contributed by atoms with Gasteiger partial charge in [0.05, 0.1) is 17.4 Å². The van der Waals surface area contributed by atoms with E-state index < -0.39 is 0 Å². The molecule has 0 bridgehead atoms.